The first-order valence-corrected chi connectivity index (χ1v) is 8.24. The predicted molar refractivity (Wildman–Crippen MR) is 79.0 cm³/mol. The van der Waals surface area contributed by atoms with Crippen LogP contribution >= 0.6 is 11.6 Å². The summed E-state index contributed by atoms with van der Waals surface area (Å²) < 4.78 is 15.5. The Bertz CT molecular complexity index is 631. The lowest BCUT2D eigenvalue weighted by atomic mass is 10.4. The molecule has 0 amide bonds. The summed E-state index contributed by atoms with van der Waals surface area (Å²) in [4.78, 5) is 4.59. The quantitative estimate of drug-likeness (QED) is 0.813. The molecule has 0 spiro atoms. The topological polar surface area (TPSA) is 52.7 Å². The van der Waals surface area contributed by atoms with Crippen LogP contribution in [0.25, 0.3) is 11.2 Å². The predicted octanol–water partition coefficient (Wildman–Crippen LogP) is 2.15. The molecule has 0 bridgehead atoms. The average molecular weight is 303 g/mol. The Morgan fingerprint density at radius 1 is 1.42 bits per heavy atom. The van der Waals surface area contributed by atoms with E-state index in [0.29, 0.717) is 6.54 Å². The highest BCUT2D eigenvalue weighted by Gasteiger charge is 2.22. The molecule has 3 unspecified atom stereocenters. The first-order chi connectivity index (χ1) is 8.82. The van der Waals surface area contributed by atoms with Crippen LogP contribution in [0, 0.1) is 6.92 Å². The first kappa shape index (κ1) is 14.5. The van der Waals surface area contributed by atoms with Crippen molar-refractivity contribution in [3.63, 3.8) is 0 Å². The molecular weight excluding hydrogens is 284 g/mol. The lowest BCUT2D eigenvalue weighted by Crippen LogP contribution is -2.20. The van der Waals surface area contributed by atoms with Crippen molar-refractivity contribution < 1.29 is 4.21 Å². The van der Waals surface area contributed by atoms with Gasteiger partial charge in [-0.25, -0.2) is 4.98 Å². The molecule has 0 saturated heterocycles. The number of hydrogen-bond acceptors (Lipinski definition) is 3. The second-order valence-electron chi connectivity index (χ2n) is 4.89. The second kappa shape index (κ2) is 5.25. The van der Waals surface area contributed by atoms with E-state index in [4.69, 9.17) is 11.6 Å². The summed E-state index contributed by atoms with van der Waals surface area (Å²) in [5, 5.41) is 4.23. The number of fused-ring (bicyclic) bond motifs is 1. The smallest absolute Gasteiger partial charge is 0.158 e. The number of aryl methyl sites for hydroxylation is 2. The number of rotatable bonds is 4. The maximum atomic E-state index is 11.6. The minimum Gasteiger partial charge on any atom is -0.310 e. The number of halogens is 1. The van der Waals surface area contributed by atoms with Crippen LogP contribution in [-0.4, -0.2) is 35.0 Å². The summed E-state index contributed by atoms with van der Waals surface area (Å²) in [6.45, 7) is 6.43. The largest absolute Gasteiger partial charge is 0.310 e. The van der Waals surface area contributed by atoms with Crippen LogP contribution in [0.1, 0.15) is 30.7 Å². The highest BCUT2D eigenvalue weighted by Crippen LogP contribution is 2.26. The highest BCUT2D eigenvalue weighted by atomic mass is 35.5. The fourth-order valence-corrected chi connectivity index (χ4v) is 2.72. The Labute approximate surface area is 120 Å². The fourth-order valence-electron chi connectivity index (χ4n) is 2.20. The Kier molecular flexibility index (Phi) is 4.01. The van der Waals surface area contributed by atoms with Crippen molar-refractivity contribution in [3.05, 3.63) is 11.5 Å². The number of hydrogen-bond donors (Lipinski definition) is 0. The monoisotopic (exact) mass is 302 g/mol. The molecule has 0 aliphatic rings. The minimum absolute atomic E-state index is 0.0433. The van der Waals surface area contributed by atoms with Crippen LogP contribution in [-0.2, 0) is 24.4 Å². The molecule has 2 aromatic rings. The molecule has 0 N–H and O–H groups in total. The van der Waals surface area contributed by atoms with Gasteiger partial charge >= 0.3 is 0 Å². The molecular formula is C12H19ClN4OS. The SMILES string of the molecule is Cc1nn(C)c2c1nc(C(C)Cl)n2CC(C)S(C)=O. The fraction of sp³-hybridized carbons (Fsp3) is 0.667. The van der Waals surface area contributed by atoms with Crippen molar-refractivity contribution in [1.29, 1.82) is 0 Å². The summed E-state index contributed by atoms with van der Waals surface area (Å²) in [6.07, 6.45) is 1.72. The molecule has 19 heavy (non-hydrogen) atoms. The van der Waals surface area contributed by atoms with Crippen LogP contribution < -0.4 is 0 Å². The number of alkyl halides is 1. The van der Waals surface area contributed by atoms with Gasteiger partial charge in [0.2, 0.25) is 0 Å². The number of imidazole rings is 1. The van der Waals surface area contributed by atoms with Crippen molar-refractivity contribution in [2.75, 3.05) is 6.26 Å². The van der Waals surface area contributed by atoms with Gasteiger partial charge in [-0.05, 0) is 20.8 Å². The van der Waals surface area contributed by atoms with Gasteiger partial charge in [0.1, 0.15) is 11.3 Å². The van der Waals surface area contributed by atoms with E-state index in [0.717, 1.165) is 22.7 Å². The molecule has 0 aliphatic heterocycles. The Balaban J connectivity index is 2.60. The summed E-state index contributed by atoms with van der Waals surface area (Å²) in [5.74, 6) is 0.810. The summed E-state index contributed by atoms with van der Waals surface area (Å²) in [6, 6.07) is 0. The van der Waals surface area contributed by atoms with Gasteiger partial charge in [0.05, 0.1) is 11.1 Å². The van der Waals surface area contributed by atoms with Crippen LogP contribution in [0.5, 0.6) is 0 Å². The van der Waals surface area contributed by atoms with E-state index in [1.165, 1.54) is 0 Å². The van der Waals surface area contributed by atoms with Crippen LogP contribution in [0.15, 0.2) is 0 Å². The zero-order valence-corrected chi connectivity index (χ0v) is 13.4. The summed E-state index contributed by atoms with van der Waals surface area (Å²) >= 11 is 6.22. The first-order valence-electron chi connectivity index (χ1n) is 6.19. The molecule has 2 heterocycles. The Morgan fingerprint density at radius 3 is 2.58 bits per heavy atom. The standard InChI is InChI=1S/C12H19ClN4OS/c1-7(19(5)18)6-17-11(8(2)13)14-10-9(3)15-16(4)12(10)17/h7-8H,6H2,1-5H3. The van der Waals surface area contributed by atoms with Crippen molar-refractivity contribution in [3.8, 4) is 0 Å². The van der Waals surface area contributed by atoms with Crippen molar-refractivity contribution in [1.82, 2.24) is 19.3 Å². The van der Waals surface area contributed by atoms with E-state index in [1.807, 2.05) is 37.1 Å². The van der Waals surface area contributed by atoms with Gasteiger partial charge in [0, 0.05) is 35.9 Å². The van der Waals surface area contributed by atoms with Gasteiger partial charge in [0.25, 0.3) is 0 Å². The third-order valence-electron chi connectivity index (χ3n) is 3.28. The number of aromatic nitrogens is 4. The van der Waals surface area contributed by atoms with Crippen molar-refractivity contribution >= 4 is 33.6 Å². The normalized spacial score (nSPS) is 16.7. The van der Waals surface area contributed by atoms with Crippen molar-refractivity contribution in [2.24, 2.45) is 7.05 Å². The Hall–Kier alpha value is -0.880. The summed E-state index contributed by atoms with van der Waals surface area (Å²) in [7, 11) is 1.01. The maximum absolute atomic E-state index is 11.6. The average Bonchev–Trinajstić information content (AvgIpc) is 2.79. The Morgan fingerprint density at radius 2 is 2.05 bits per heavy atom. The van der Waals surface area contributed by atoms with Crippen molar-refractivity contribution in [2.45, 2.75) is 37.9 Å². The number of nitrogens with zero attached hydrogens (tertiary/aromatic N) is 4. The maximum Gasteiger partial charge on any atom is 0.158 e. The third kappa shape index (κ3) is 2.56. The molecule has 5 nitrogen and oxygen atoms in total. The van der Waals surface area contributed by atoms with Gasteiger partial charge in [-0.2, -0.15) is 5.10 Å². The molecule has 0 aromatic carbocycles. The highest BCUT2D eigenvalue weighted by molar-refractivity contribution is 7.84. The molecule has 0 aliphatic carbocycles. The van der Waals surface area contributed by atoms with Gasteiger partial charge in [-0.15, -0.1) is 11.6 Å². The minimum atomic E-state index is -0.881. The van der Waals surface area contributed by atoms with E-state index in [1.54, 1.807) is 6.26 Å². The molecule has 2 rings (SSSR count). The van der Waals surface area contributed by atoms with E-state index in [9.17, 15) is 4.21 Å². The van der Waals surface area contributed by atoms with Gasteiger partial charge in [-0.1, -0.05) is 0 Å². The lowest BCUT2D eigenvalue weighted by Gasteiger charge is -2.14. The van der Waals surface area contributed by atoms with Crippen LogP contribution in [0.2, 0.25) is 0 Å². The van der Waals surface area contributed by atoms with Crippen LogP contribution in [0.3, 0.4) is 0 Å². The molecule has 0 saturated carbocycles. The summed E-state index contributed by atoms with van der Waals surface area (Å²) in [5.41, 5.74) is 2.71. The van der Waals surface area contributed by atoms with Crippen LogP contribution in [0.4, 0.5) is 0 Å². The molecule has 0 radical (unpaired) electrons. The molecule has 7 heteroatoms. The van der Waals surface area contributed by atoms with E-state index >= 15 is 0 Å². The van der Waals surface area contributed by atoms with E-state index in [-0.39, 0.29) is 10.6 Å². The lowest BCUT2D eigenvalue weighted by molar-refractivity contribution is 0.615. The van der Waals surface area contributed by atoms with Gasteiger partial charge < -0.3 is 4.57 Å². The molecule has 2 aromatic heterocycles. The molecule has 106 valence electrons. The van der Waals surface area contributed by atoms with Gasteiger partial charge in [-0.3, -0.25) is 8.89 Å². The van der Waals surface area contributed by atoms with E-state index in [2.05, 4.69) is 10.1 Å². The second-order valence-corrected chi connectivity index (χ2v) is 7.34. The third-order valence-corrected chi connectivity index (χ3v) is 4.76. The van der Waals surface area contributed by atoms with E-state index < -0.39 is 10.8 Å². The zero-order valence-electron chi connectivity index (χ0n) is 11.8. The zero-order chi connectivity index (χ0) is 14.3. The van der Waals surface area contributed by atoms with Gasteiger partial charge in [0.15, 0.2) is 5.65 Å². The molecule has 0 fully saturated rings. The molecule has 3 atom stereocenters.